The topological polar surface area (TPSA) is 255 Å². The SMILES string of the molecule is CCONCCC(=O)N[C@@H](C(=O)Oc1ccc(C[C@@H](C[C@H](C)C(=O)O)NC(=O)c2csc([C@@H](C[C@H](C(C)C)N(COC(=O)CC(C)C)C(=O)[C@@H](N)[C@@H](C)CC)OC(C)=O)n2)cc1)C(C)C. The van der Waals surface area contributed by atoms with Crippen LogP contribution in [-0.2, 0) is 49.5 Å². The molecular formula is C46H72N6O12S. The average Bonchev–Trinajstić information content (AvgIpc) is 3.73. The number of nitrogens with one attached hydrogen (secondary N) is 3. The number of aliphatic carboxylic acids is 1. The number of aromatic nitrogens is 1. The van der Waals surface area contributed by atoms with Gasteiger partial charge in [-0.25, -0.2) is 15.3 Å². The van der Waals surface area contributed by atoms with Gasteiger partial charge in [-0.2, -0.15) is 0 Å². The Labute approximate surface area is 387 Å². The number of carboxylic acid groups (broad SMARTS) is 1. The van der Waals surface area contributed by atoms with Gasteiger partial charge < -0.3 is 45.4 Å². The number of hydroxylamine groups is 1. The molecule has 0 aliphatic heterocycles. The molecular weight excluding hydrogens is 861 g/mol. The third-order valence-corrected chi connectivity index (χ3v) is 11.6. The van der Waals surface area contributed by atoms with Gasteiger partial charge in [-0.05, 0) is 61.1 Å². The second-order valence-electron chi connectivity index (χ2n) is 17.5. The molecule has 7 atom stereocenters. The maximum atomic E-state index is 14.0. The minimum absolute atomic E-state index is 0.00480. The van der Waals surface area contributed by atoms with E-state index >= 15 is 0 Å². The van der Waals surface area contributed by atoms with Crippen molar-refractivity contribution in [3.05, 3.63) is 45.9 Å². The van der Waals surface area contributed by atoms with Gasteiger partial charge in [0.2, 0.25) is 11.8 Å². The first-order valence-corrected chi connectivity index (χ1v) is 23.3. The number of esters is 3. The van der Waals surface area contributed by atoms with Gasteiger partial charge >= 0.3 is 23.9 Å². The average molecular weight is 933 g/mol. The minimum Gasteiger partial charge on any atom is -0.481 e. The van der Waals surface area contributed by atoms with Gasteiger partial charge in [0.15, 0.2) is 12.8 Å². The summed E-state index contributed by atoms with van der Waals surface area (Å²) < 4.78 is 16.9. The van der Waals surface area contributed by atoms with Crippen LogP contribution in [0.2, 0.25) is 0 Å². The molecule has 364 valence electrons. The van der Waals surface area contributed by atoms with Gasteiger partial charge in [0, 0.05) is 50.2 Å². The molecule has 1 aromatic carbocycles. The van der Waals surface area contributed by atoms with Gasteiger partial charge in [0.05, 0.1) is 18.6 Å². The van der Waals surface area contributed by atoms with E-state index in [2.05, 4.69) is 21.1 Å². The van der Waals surface area contributed by atoms with Crippen molar-refractivity contribution in [2.24, 2.45) is 35.3 Å². The monoisotopic (exact) mass is 932 g/mol. The molecule has 0 bridgehead atoms. The normalized spacial score (nSPS) is 14.7. The van der Waals surface area contributed by atoms with Gasteiger partial charge in [0.1, 0.15) is 22.5 Å². The van der Waals surface area contributed by atoms with Crippen LogP contribution in [0.25, 0.3) is 0 Å². The van der Waals surface area contributed by atoms with Crippen LogP contribution in [0.4, 0.5) is 0 Å². The van der Waals surface area contributed by atoms with Gasteiger partial charge in [-0.3, -0.25) is 28.8 Å². The van der Waals surface area contributed by atoms with Crippen LogP contribution in [0.3, 0.4) is 0 Å². The van der Waals surface area contributed by atoms with Crippen LogP contribution in [0.5, 0.6) is 5.75 Å². The number of nitrogens with zero attached hydrogens (tertiary/aromatic N) is 2. The molecule has 0 spiro atoms. The predicted molar refractivity (Wildman–Crippen MR) is 244 cm³/mol. The molecule has 0 fully saturated rings. The minimum atomic E-state index is -1.05. The van der Waals surface area contributed by atoms with Gasteiger partial charge in [-0.1, -0.05) is 80.9 Å². The third-order valence-electron chi connectivity index (χ3n) is 10.7. The van der Waals surface area contributed by atoms with E-state index in [4.69, 9.17) is 24.8 Å². The molecule has 6 N–H and O–H groups in total. The molecule has 2 aromatic rings. The van der Waals surface area contributed by atoms with Gasteiger partial charge in [-0.15, -0.1) is 11.3 Å². The largest absolute Gasteiger partial charge is 0.481 e. The van der Waals surface area contributed by atoms with Crippen molar-refractivity contribution in [1.82, 2.24) is 26.0 Å². The zero-order chi connectivity index (χ0) is 49.0. The summed E-state index contributed by atoms with van der Waals surface area (Å²) in [5.74, 6) is -5.36. The molecule has 18 nitrogen and oxygen atoms in total. The molecule has 0 radical (unpaired) electrons. The summed E-state index contributed by atoms with van der Waals surface area (Å²) in [5.41, 5.74) is 9.80. The molecule has 65 heavy (non-hydrogen) atoms. The maximum Gasteiger partial charge on any atom is 0.334 e. The number of thiazole rings is 1. The van der Waals surface area contributed by atoms with Crippen LogP contribution in [0.1, 0.15) is 135 Å². The highest BCUT2D eigenvalue weighted by atomic mass is 32.1. The zero-order valence-electron chi connectivity index (χ0n) is 39.8. The number of hydrogen-bond acceptors (Lipinski definition) is 15. The summed E-state index contributed by atoms with van der Waals surface area (Å²) in [7, 11) is 0. The lowest BCUT2D eigenvalue weighted by Gasteiger charge is -2.37. The Morgan fingerprint density at radius 1 is 0.908 bits per heavy atom. The Bertz CT molecular complexity index is 1860. The number of hydrogen-bond donors (Lipinski definition) is 5. The van der Waals surface area contributed by atoms with Crippen LogP contribution < -0.4 is 26.6 Å². The number of rotatable bonds is 29. The molecule has 0 saturated heterocycles. The van der Waals surface area contributed by atoms with Crippen LogP contribution in [-0.4, -0.2) is 101 Å². The van der Waals surface area contributed by atoms with Crippen molar-refractivity contribution in [1.29, 1.82) is 0 Å². The lowest BCUT2D eigenvalue weighted by molar-refractivity contribution is -0.159. The van der Waals surface area contributed by atoms with E-state index in [9.17, 15) is 38.7 Å². The second-order valence-corrected chi connectivity index (χ2v) is 18.3. The first-order valence-electron chi connectivity index (χ1n) is 22.4. The number of nitrogens with two attached hydrogens (primary N) is 1. The molecule has 19 heteroatoms. The van der Waals surface area contributed by atoms with Crippen molar-refractivity contribution < 1.29 is 57.7 Å². The Morgan fingerprint density at radius 3 is 2.12 bits per heavy atom. The summed E-state index contributed by atoms with van der Waals surface area (Å²) in [5, 5.41) is 17.2. The van der Waals surface area contributed by atoms with Crippen LogP contribution in [0.15, 0.2) is 29.6 Å². The standard InChI is InChI=1S/C46H72N6O12S/c1-12-29(9)40(47)44(57)52(25-61-39(55)20-26(3)4)36(27(5)6)23-37(63-31(11)53)43-50-35(24-65-43)42(56)49-33(21-30(10)45(58)59)22-32-14-16-34(17-15-32)64-46(60)41(28(7)8)51-38(54)18-19-48-62-13-2/h14-17,24,26-30,33,36-37,40-41,48H,12-13,18-23,25,47H2,1-11H3,(H,49,56)(H,51,54)(H,58,59)/t29-,30-,33+,36+,37+,40-,41+/m0/s1. The molecule has 1 aromatic heterocycles. The van der Waals surface area contributed by atoms with E-state index in [1.54, 1.807) is 38.1 Å². The van der Waals surface area contributed by atoms with E-state index < -0.39 is 71.9 Å². The molecule has 0 saturated carbocycles. The second kappa shape index (κ2) is 28.1. The quantitative estimate of drug-likeness (QED) is 0.0227. The first-order chi connectivity index (χ1) is 30.6. The van der Waals surface area contributed by atoms with Crippen molar-refractivity contribution >= 4 is 52.9 Å². The molecule has 0 aliphatic rings. The van der Waals surface area contributed by atoms with Crippen molar-refractivity contribution in [3.63, 3.8) is 0 Å². The summed E-state index contributed by atoms with van der Waals surface area (Å²) in [6.07, 6.45) is 0.220. The first kappa shape index (κ1) is 56.2. The van der Waals surface area contributed by atoms with E-state index in [1.807, 2.05) is 48.5 Å². The van der Waals surface area contributed by atoms with E-state index in [0.717, 1.165) is 11.3 Å². The number of carboxylic acids is 1. The smallest absolute Gasteiger partial charge is 0.334 e. The van der Waals surface area contributed by atoms with E-state index in [0.29, 0.717) is 18.6 Å². The summed E-state index contributed by atoms with van der Waals surface area (Å²) in [4.78, 5) is 101. The fraction of sp³-hybridized carbons (Fsp3) is 0.652. The van der Waals surface area contributed by atoms with Crippen LogP contribution in [0, 0.1) is 29.6 Å². The molecule has 2 rings (SSSR count). The van der Waals surface area contributed by atoms with Crippen molar-refractivity contribution in [2.75, 3.05) is 19.9 Å². The Balaban J connectivity index is 2.33. The third kappa shape index (κ3) is 19.6. The van der Waals surface area contributed by atoms with E-state index in [1.165, 1.54) is 24.1 Å². The molecule has 1 heterocycles. The maximum absolute atomic E-state index is 14.0. The lowest BCUT2D eigenvalue weighted by atomic mass is 9.93. The number of amides is 3. The van der Waals surface area contributed by atoms with Crippen molar-refractivity contribution in [3.8, 4) is 5.75 Å². The van der Waals surface area contributed by atoms with Crippen molar-refractivity contribution in [2.45, 2.75) is 145 Å². The lowest BCUT2D eigenvalue weighted by Crippen LogP contribution is -2.53. The molecule has 3 amide bonds. The highest BCUT2D eigenvalue weighted by molar-refractivity contribution is 7.09. The number of benzene rings is 1. The highest BCUT2D eigenvalue weighted by Crippen LogP contribution is 2.32. The number of carbonyl (C=O) groups is 7. The van der Waals surface area contributed by atoms with E-state index in [-0.39, 0.29) is 91.4 Å². The van der Waals surface area contributed by atoms with Crippen LogP contribution >= 0.6 is 11.3 Å². The predicted octanol–water partition coefficient (Wildman–Crippen LogP) is 5.34. The summed E-state index contributed by atoms with van der Waals surface area (Å²) in [6, 6.07) is 3.44. The molecule has 0 unspecified atom stereocenters. The fourth-order valence-electron chi connectivity index (χ4n) is 6.68. The Morgan fingerprint density at radius 2 is 1.57 bits per heavy atom. The number of ether oxygens (including phenoxy) is 3. The Hall–Kier alpha value is -4.98. The summed E-state index contributed by atoms with van der Waals surface area (Å²) in [6.45, 7) is 19.8. The number of carbonyl (C=O) groups excluding carboxylic acids is 6. The van der Waals surface area contributed by atoms with Gasteiger partial charge in [0.25, 0.3) is 5.91 Å². The molecule has 0 aliphatic carbocycles. The Kier molecular flexibility index (Phi) is 24.3. The zero-order valence-corrected chi connectivity index (χ0v) is 40.7. The summed E-state index contributed by atoms with van der Waals surface area (Å²) >= 11 is 1.08. The fourth-order valence-corrected chi connectivity index (χ4v) is 7.52. The highest BCUT2D eigenvalue weighted by Gasteiger charge is 2.36.